The van der Waals surface area contributed by atoms with Crippen LogP contribution in [0.5, 0.6) is 5.75 Å². The number of likely N-dealkylation sites (tertiary alicyclic amines) is 1. The molecule has 5 rings (SSSR count). The maximum atomic E-state index is 14.5. The van der Waals surface area contributed by atoms with Crippen LogP contribution in [0.15, 0.2) is 67.0 Å². The number of pyridine rings is 1. The Morgan fingerprint density at radius 1 is 1.21 bits per heavy atom. The smallest absolute Gasteiger partial charge is 0.290 e. The van der Waals surface area contributed by atoms with Crippen molar-refractivity contribution in [2.75, 3.05) is 11.9 Å². The molecule has 2 atom stereocenters. The lowest BCUT2D eigenvalue weighted by Gasteiger charge is -2.34. The Bertz CT molecular complexity index is 1220. The summed E-state index contributed by atoms with van der Waals surface area (Å²) in [7, 11) is 0. The summed E-state index contributed by atoms with van der Waals surface area (Å²) in [5, 5.41) is 19.3. The molecule has 9 heteroatoms. The number of fused-ring (bicyclic) bond motifs is 2. The van der Waals surface area contributed by atoms with Crippen LogP contribution in [0.3, 0.4) is 0 Å². The van der Waals surface area contributed by atoms with Gasteiger partial charge in [0.05, 0.1) is 11.6 Å². The van der Waals surface area contributed by atoms with Gasteiger partial charge < -0.3 is 20.4 Å². The van der Waals surface area contributed by atoms with E-state index >= 15 is 0 Å². The number of phenols is 1. The normalized spacial score (nSPS) is 20.6. The van der Waals surface area contributed by atoms with Gasteiger partial charge in [-0.1, -0.05) is 24.3 Å². The van der Waals surface area contributed by atoms with Crippen LogP contribution in [0.1, 0.15) is 33.9 Å². The summed E-state index contributed by atoms with van der Waals surface area (Å²) in [6, 6.07) is 13.8. The number of anilines is 1. The topological polar surface area (TPSA) is 120 Å². The fourth-order valence-electron chi connectivity index (χ4n) is 4.74. The summed E-state index contributed by atoms with van der Waals surface area (Å²) in [6.45, 7) is 0.0282. The molecular weight excluding hydrogens is 429 g/mol. The van der Waals surface area contributed by atoms with Crippen molar-refractivity contribution in [1.82, 2.24) is 9.88 Å². The molecule has 8 nitrogen and oxygen atoms in total. The van der Waals surface area contributed by atoms with Crippen LogP contribution in [0.4, 0.5) is 10.1 Å². The molecule has 0 bridgehead atoms. The van der Waals surface area contributed by atoms with Crippen molar-refractivity contribution in [3.05, 3.63) is 89.5 Å². The molecule has 0 saturated carbocycles. The standard InChI is InChI=1S/C23H18FN3O3.CH2O2/c24-18-12-15(28)7-8-16(18)21(29)27-11-9-23(20(27)14-4-3-10-25-13-14)17-5-1-2-6-19(17)26-22(23)30;2-1-3/h1-8,10,12-13,20,28H,9,11H2,(H,26,30);1H,(H,2,3). The molecule has 33 heavy (non-hydrogen) atoms. The van der Waals surface area contributed by atoms with E-state index in [1.54, 1.807) is 18.5 Å². The van der Waals surface area contributed by atoms with Gasteiger partial charge in [-0.2, -0.15) is 0 Å². The number of rotatable bonds is 2. The van der Waals surface area contributed by atoms with E-state index in [1.807, 2.05) is 30.3 Å². The van der Waals surface area contributed by atoms with Crippen LogP contribution in [-0.4, -0.2) is 44.9 Å². The van der Waals surface area contributed by atoms with Gasteiger partial charge in [-0.25, -0.2) is 4.39 Å². The minimum atomic E-state index is -0.983. The zero-order valence-electron chi connectivity index (χ0n) is 17.3. The van der Waals surface area contributed by atoms with Gasteiger partial charge in [0, 0.05) is 30.7 Å². The molecule has 3 N–H and O–H groups in total. The number of aromatic nitrogens is 1. The lowest BCUT2D eigenvalue weighted by atomic mass is 9.73. The Morgan fingerprint density at radius 2 is 1.97 bits per heavy atom. The number of carboxylic acid groups (broad SMARTS) is 1. The Morgan fingerprint density at radius 3 is 2.67 bits per heavy atom. The van der Waals surface area contributed by atoms with E-state index in [4.69, 9.17) is 9.90 Å². The van der Waals surface area contributed by atoms with Crippen molar-refractivity contribution in [1.29, 1.82) is 0 Å². The lowest BCUT2D eigenvalue weighted by Crippen LogP contribution is -2.42. The Kier molecular flexibility index (Phi) is 5.78. The molecule has 2 aromatic carbocycles. The quantitative estimate of drug-likeness (QED) is 0.517. The number of nitrogens with zero attached hydrogens (tertiary/aromatic N) is 2. The van der Waals surface area contributed by atoms with Gasteiger partial charge in [-0.05, 0) is 41.8 Å². The molecule has 1 saturated heterocycles. The predicted molar refractivity (Wildman–Crippen MR) is 116 cm³/mol. The third kappa shape index (κ3) is 3.57. The van der Waals surface area contributed by atoms with E-state index in [0.717, 1.165) is 17.3 Å². The van der Waals surface area contributed by atoms with Crippen LogP contribution < -0.4 is 5.32 Å². The first-order valence-electron chi connectivity index (χ1n) is 10.1. The minimum Gasteiger partial charge on any atom is -0.508 e. The molecule has 1 fully saturated rings. The van der Waals surface area contributed by atoms with Crippen LogP contribution in [0.25, 0.3) is 0 Å². The van der Waals surface area contributed by atoms with Gasteiger partial charge in [-0.15, -0.1) is 0 Å². The number of aromatic hydroxyl groups is 1. The molecule has 3 heterocycles. The number of nitrogens with one attached hydrogen (secondary N) is 1. The SMILES string of the molecule is O=C(c1ccc(O)cc1F)N1CCC2(C(=O)Nc3ccccc32)C1c1cccnc1.O=CO. The third-order valence-corrected chi connectivity index (χ3v) is 6.03. The van der Waals surface area contributed by atoms with Crippen LogP contribution in [-0.2, 0) is 15.0 Å². The van der Waals surface area contributed by atoms with E-state index < -0.39 is 23.2 Å². The van der Waals surface area contributed by atoms with Crippen molar-refractivity contribution < 1.29 is 29.0 Å². The summed E-state index contributed by atoms with van der Waals surface area (Å²) in [6.07, 6.45) is 3.67. The van der Waals surface area contributed by atoms with Gasteiger partial charge in [0.1, 0.15) is 17.0 Å². The van der Waals surface area contributed by atoms with Gasteiger partial charge >= 0.3 is 0 Å². The van der Waals surface area contributed by atoms with E-state index in [9.17, 15) is 19.1 Å². The highest BCUT2D eigenvalue weighted by molar-refractivity contribution is 6.08. The summed E-state index contributed by atoms with van der Waals surface area (Å²) in [5.74, 6) is -1.77. The number of carbonyl (C=O) groups excluding carboxylic acids is 2. The molecular formula is C24H20FN3O5. The second-order valence-electron chi connectivity index (χ2n) is 7.68. The molecule has 2 amide bonds. The van der Waals surface area contributed by atoms with Crippen LogP contribution in [0.2, 0.25) is 0 Å². The first kappa shape index (κ1) is 21.9. The van der Waals surface area contributed by atoms with Crippen LogP contribution >= 0.6 is 0 Å². The largest absolute Gasteiger partial charge is 0.508 e. The van der Waals surface area contributed by atoms with E-state index in [0.29, 0.717) is 12.0 Å². The zero-order valence-corrected chi connectivity index (χ0v) is 17.3. The van der Waals surface area contributed by atoms with E-state index in [1.165, 1.54) is 17.0 Å². The molecule has 1 spiro atoms. The summed E-state index contributed by atoms with van der Waals surface area (Å²) < 4.78 is 14.5. The Balaban J connectivity index is 0.000000821. The monoisotopic (exact) mass is 449 g/mol. The number of hydrogen-bond acceptors (Lipinski definition) is 5. The highest BCUT2D eigenvalue weighted by Crippen LogP contribution is 2.54. The van der Waals surface area contributed by atoms with Crippen molar-refractivity contribution in [3.8, 4) is 5.75 Å². The Hall–Kier alpha value is -4.27. The van der Waals surface area contributed by atoms with Crippen molar-refractivity contribution >= 4 is 24.0 Å². The fraction of sp³-hybridized carbons (Fsp3) is 0.167. The highest BCUT2D eigenvalue weighted by Gasteiger charge is 2.59. The summed E-state index contributed by atoms with van der Waals surface area (Å²) >= 11 is 0. The summed E-state index contributed by atoms with van der Waals surface area (Å²) in [5.41, 5.74) is 1.12. The molecule has 3 aromatic rings. The molecule has 2 aliphatic heterocycles. The average Bonchev–Trinajstić information content (AvgIpc) is 3.34. The Labute approximate surface area is 188 Å². The van der Waals surface area contributed by atoms with Crippen LogP contribution in [0, 0.1) is 5.82 Å². The van der Waals surface area contributed by atoms with Crippen molar-refractivity contribution in [3.63, 3.8) is 0 Å². The highest BCUT2D eigenvalue weighted by atomic mass is 19.1. The molecule has 0 aliphatic carbocycles. The maximum absolute atomic E-state index is 14.5. The number of halogens is 1. The van der Waals surface area contributed by atoms with Gasteiger partial charge in [0.15, 0.2) is 0 Å². The molecule has 0 radical (unpaired) electrons. The molecule has 168 valence electrons. The number of carbonyl (C=O) groups is 3. The van der Waals surface area contributed by atoms with Gasteiger partial charge in [0.25, 0.3) is 12.4 Å². The first-order valence-corrected chi connectivity index (χ1v) is 10.1. The summed E-state index contributed by atoms with van der Waals surface area (Å²) in [4.78, 5) is 40.7. The minimum absolute atomic E-state index is 0.148. The lowest BCUT2D eigenvalue weighted by molar-refractivity contribution is -0.123. The number of benzene rings is 2. The van der Waals surface area contributed by atoms with Gasteiger partial charge in [0.2, 0.25) is 5.91 Å². The van der Waals surface area contributed by atoms with E-state index in [-0.39, 0.29) is 30.2 Å². The van der Waals surface area contributed by atoms with E-state index in [2.05, 4.69) is 10.3 Å². The molecule has 2 aliphatic rings. The molecule has 1 aromatic heterocycles. The second kappa shape index (κ2) is 8.70. The zero-order chi connectivity index (χ0) is 23.6. The number of hydrogen-bond donors (Lipinski definition) is 3. The second-order valence-corrected chi connectivity index (χ2v) is 7.68. The van der Waals surface area contributed by atoms with Crippen molar-refractivity contribution in [2.45, 2.75) is 17.9 Å². The van der Waals surface area contributed by atoms with Crippen molar-refractivity contribution in [2.24, 2.45) is 0 Å². The first-order chi connectivity index (χ1) is 15.9. The predicted octanol–water partition coefficient (Wildman–Crippen LogP) is 3.10. The number of phenolic OH excluding ortho intramolecular Hbond substituents is 1. The average molecular weight is 449 g/mol. The third-order valence-electron chi connectivity index (χ3n) is 6.03. The van der Waals surface area contributed by atoms with Gasteiger partial charge in [-0.3, -0.25) is 19.4 Å². The number of amides is 2. The number of para-hydroxylation sites is 1. The molecule has 2 unspecified atom stereocenters. The fourth-order valence-corrected chi connectivity index (χ4v) is 4.74. The maximum Gasteiger partial charge on any atom is 0.290 e.